The van der Waals surface area contributed by atoms with Crippen molar-refractivity contribution in [3.05, 3.63) is 51.4 Å². The lowest BCUT2D eigenvalue weighted by atomic mass is 9.76. The molecule has 3 aliphatic rings. The third-order valence-electron chi connectivity index (χ3n) is 4.20. The topological polar surface area (TPSA) is 34.1 Å². The lowest BCUT2D eigenvalue weighted by molar-refractivity contribution is -0.116. The molecule has 0 radical (unpaired) electrons. The molecule has 0 fully saturated rings. The number of Topliss-reactive ketones (excluding diaryl/α,β-unsaturated/α-hetero) is 1. The molecule has 2 heteroatoms. The Balaban J connectivity index is 2.05. The van der Waals surface area contributed by atoms with Gasteiger partial charge in [-0.05, 0) is 40.1 Å². The van der Waals surface area contributed by atoms with Crippen molar-refractivity contribution in [3.8, 4) is 0 Å². The minimum Gasteiger partial charge on any atom is -0.295 e. The molecule has 1 atom stereocenters. The van der Waals surface area contributed by atoms with Gasteiger partial charge in [-0.1, -0.05) is 30.4 Å². The van der Waals surface area contributed by atoms with Crippen molar-refractivity contribution >= 4 is 29.8 Å². The third-order valence-corrected chi connectivity index (χ3v) is 4.20. The first kappa shape index (κ1) is 10.7. The maximum atomic E-state index is 12.2. The summed E-state index contributed by atoms with van der Waals surface area (Å²) < 4.78 is 0. The van der Waals surface area contributed by atoms with E-state index in [0.29, 0.717) is 12.0 Å². The number of hydrogen-bond acceptors (Lipinski definition) is 2. The van der Waals surface area contributed by atoms with Gasteiger partial charge in [0.25, 0.3) is 0 Å². The van der Waals surface area contributed by atoms with Gasteiger partial charge < -0.3 is 0 Å². The Morgan fingerprint density at radius 3 is 2.84 bits per heavy atom. The maximum absolute atomic E-state index is 12.2. The quantitative estimate of drug-likeness (QED) is 0.692. The highest BCUT2D eigenvalue weighted by Gasteiger charge is 2.30. The molecule has 1 aromatic carbocycles. The molecule has 0 bridgehead atoms. The van der Waals surface area contributed by atoms with E-state index in [4.69, 9.17) is 0 Å². The molecular weight excluding hydrogens is 236 g/mol. The Morgan fingerprint density at radius 2 is 1.95 bits per heavy atom. The van der Waals surface area contributed by atoms with E-state index >= 15 is 0 Å². The zero-order valence-corrected chi connectivity index (χ0v) is 10.3. The zero-order valence-electron chi connectivity index (χ0n) is 10.3. The molecule has 0 saturated heterocycles. The van der Waals surface area contributed by atoms with Gasteiger partial charge in [0.15, 0.2) is 11.6 Å². The van der Waals surface area contributed by atoms with Crippen molar-refractivity contribution in [2.75, 3.05) is 0 Å². The summed E-state index contributed by atoms with van der Waals surface area (Å²) >= 11 is 0. The average molecular weight is 248 g/mol. The van der Waals surface area contributed by atoms with E-state index < -0.39 is 0 Å². The van der Waals surface area contributed by atoms with E-state index in [0.717, 1.165) is 16.9 Å². The van der Waals surface area contributed by atoms with Gasteiger partial charge in [-0.25, -0.2) is 0 Å². The lowest BCUT2D eigenvalue weighted by Crippen LogP contribution is -2.37. The lowest BCUT2D eigenvalue weighted by Gasteiger charge is -2.26. The minimum atomic E-state index is -0.000694. The Bertz CT molecular complexity index is 806. The molecule has 1 unspecified atom stereocenters. The molecule has 2 nitrogen and oxygen atoms in total. The molecule has 0 saturated carbocycles. The van der Waals surface area contributed by atoms with Crippen LogP contribution in [0.3, 0.4) is 0 Å². The van der Waals surface area contributed by atoms with E-state index in [9.17, 15) is 9.59 Å². The average Bonchev–Trinajstić information content (AvgIpc) is 2.88. The molecule has 0 N–H and O–H groups in total. The Labute approximate surface area is 110 Å². The Kier molecular flexibility index (Phi) is 2.05. The van der Waals surface area contributed by atoms with Gasteiger partial charge in [0, 0.05) is 17.9 Å². The van der Waals surface area contributed by atoms with Gasteiger partial charge in [-0.15, -0.1) is 0 Å². The van der Waals surface area contributed by atoms with Gasteiger partial charge in [0.2, 0.25) is 0 Å². The summed E-state index contributed by atoms with van der Waals surface area (Å²) in [5.41, 5.74) is 3.04. The van der Waals surface area contributed by atoms with Crippen LogP contribution in [0.25, 0.3) is 18.2 Å². The zero-order chi connectivity index (χ0) is 13.0. The fraction of sp³-hybridized carbons (Fsp3) is 0.176. The highest BCUT2D eigenvalue weighted by molar-refractivity contribution is 6.21. The van der Waals surface area contributed by atoms with Crippen LogP contribution in [0.5, 0.6) is 0 Å². The number of hydrogen-bond donors (Lipinski definition) is 0. The smallest absolute Gasteiger partial charge is 0.183 e. The molecule has 0 aliphatic heterocycles. The SMILES string of the molecule is O=C1C=C2C(=O)C=c3c(ccc4c3=CC=C4)C2CC1. The van der Waals surface area contributed by atoms with Crippen LogP contribution < -0.4 is 10.4 Å². The largest absolute Gasteiger partial charge is 0.295 e. The van der Waals surface area contributed by atoms with Gasteiger partial charge in [-0.2, -0.15) is 0 Å². The summed E-state index contributed by atoms with van der Waals surface area (Å²) in [6.07, 6.45) is 10.7. The fourth-order valence-corrected chi connectivity index (χ4v) is 3.28. The number of carbonyl (C=O) groups excluding carboxylic acids is 2. The molecule has 92 valence electrons. The maximum Gasteiger partial charge on any atom is 0.183 e. The molecule has 0 aromatic heterocycles. The molecule has 3 aliphatic carbocycles. The number of fused-ring (bicyclic) bond motifs is 5. The van der Waals surface area contributed by atoms with Crippen molar-refractivity contribution in [3.63, 3.8) is 0 Å². The summed E-state index contributed by atoms with van der Waals surface area (Å²) in [5.74, 6) is 0.176. The van der Waals surface area contributed by atoms with E-state index in [2.05, 4.69) is 24.3 Å². The second-order valence-electron chi connectivity index (χ2n) is 5.26. The van der Waals surface area contributed by atoms with Crippen LogP contribution in [0, 0.1) is 0 Å². The first-order valence-electron chi connectivity index (χ1n) is 6.56. The van der Waals surface area contributed by atoms with Crippen LogP contribution in [0.4, 0.5) is 0 Å². The first-order valence-corrected chi connectivity index (χ1v) is 6.56. The fourth-order valence-electron chi connectivity index (χ4n) is 3.28. The van der Waals surface area contributed by atoms with Crippen molar-refractivity contribution < 1.29 is 9.59 Å². The van der Waals surface area contributed by atoms with Crippen molar-refractivity contribution in [1.82, 2.24) is 0 Å². The number of carbonyl (C=O) groups is 2. The Hall–Kier alpha value is -2.22. The normalized spacial score (nSPS) is 22.9. The van der Waals surface area contributed by atoms with Crippen molar-refractivity contribution in [2.45, 2.75) is 18.8 Å². The molecule has 0 spiro atoms. The van der Waals surface area contributed by atoms with Crippen LogP contribution in [-0.4, -0.2) is 11.6 Å². The van der Waals surface area contributed by atoms with Crippen LogP contribution in [0.1, 0.15) is 29.9 Å². The second kappa shape index (κ2) is 3.64. The number of allylic oxidation sites excluding steroid dienone is 3. The van der Waals surface area contributed by atoms with Gasteiger partial charge in [0.1, 0.15) is 0 Å². The number of rotatable bonds is 0. The molecular formula is C17H12O2. The summed E-state index contributed by atoms with van der Waals surface area (Å²) in [6.45, 7) is 0. The summed E-state index contributed by atoms with van der Waals surface area (Å²) in [7, 11) is 0. The summed E-state index contributed by atoms with van der Waals surface area (Å²) in [6, 6.07) is 4.21. The third kappa shape index (κ3) is 1.43. The molecule has 0 amide bonds. The Morgan fingerprint density at radius 1 is 1.05 bits per heavy atom. The molecule has 4 rings (SSSR count). The van der Waals surface area contributed by atoms with Crippen molar-refractivity contribution in [1.29, 1.82) is 0 Å². The monoisotopic (exact) mass is 248 g/mol. The van der Waals surface area contributed by atoms with Crippen molar-refractivity contribution in [2.24, 2.45) is 0 Å². The minimum absolute atomic E-state index is 0.000694. The van der Waals surface area contributed by atoms with E-state index in [1.165, 1.54) is 11.1 Å². The van der Waals surface area contributed by atoms with Gasteiger partial charge >= 0.3 is 0 Å². The summed E-state index contributed by atoms with van der Waals surface area (Å²) in [5, 5.41) is 2.19. The summed E-state index contributed by atoms with van der Waals surface area (Å²) in [4.78, 5) is 23.7. The highest BCUT2D eigenvalue weighted by atomic mass is 16.1. The first-order chi connectivity index (χ1) is 9.24. The standard InChI is InChI=1S/C17H12O2/c18-11-5-7-14-13-6-4-10-2-1-3-12(10)15(13)9-17(19)16(14)8-11/h1-4,6,8-9,14H,5,7H2. The van der Waals surface area contributed by atoms with E-state index in [1.807, 2.05) is 6.08 Å². The molecule has 19 heavy (non-hydrogen) atoms. The van der Waals surface area contributed by atoms with E-state index in [-0.39, 0.29) is 17.5 Å². The molecule has 0 heterocycles. The van der Waals surface area contributed by atoms with Gasteiger partial charge in [-0.3, -0.25) is 9.59 Å². The van der Waals surface area contributed by atoms with Crippen LogP contribution in [-0.2, 0) is 9.59 Å². The van der Waals surface area contributed by atoms with Crippen LogP contribution >= 0.6 is 0 Å². The van der Waals surface area contributed by atoms with E-state index in [1.54, 1.807) is 12.2 Å². The van der Waals surface area contributed by atoms with Gasteiger partial charge in [0.05, 0.1) is 0 Å². The second-order valence-corrected chi connectivity index (χ2v) is 5.26. The number of benzene rings is 1. The highest BCUT2D eigenvalue weighted by Crippen LogP contribution is 2.33. The predicted molar refractivity (Wildman–Crippen MR) is 73.7 cm³/mol. The predicted octanol–water partition coefficient (Wildman–Crippen LogP) is 1.23. The molecule has 1 aromatic rings. The number of ketones is 2. The van der Waals surface area contributed by atoms with Crippen LogP contribution in [0.2, 0.25) is 0 Å². The van der Waals surface area contributed by atoms with Crippen LogP contribution in [0.15, 0.2) is 29.9 Å².